The molecule has 0 aliphatic rings. The third kappa shape index (κ3) is 3.13. The summed E-state index contributed by atoms with van der Waals surface area (Å²) >= 11 is 0. The summed E-state index contributed by atoms with van der Waals surface area (Å²) in [4.78, 5) is 14.1. The van der Waals surface area contributed by atoms with Gasteiger partial charge in [0.25, 0.3) is 0 Å². The molecule has 0 aliphatic heterocycles. The number of alkyl halides is 3. The SMILES string of the molecule is O=C(O)c1ccc(F)c(F)c1Nc1ccc(C(F)(F)F)nc1. The van der Waals surface area contributed by atoms with E-state index in [0.29, 0.717) is 12.1 Å². The van der Waals surface area contributed by atoms with Gasteiger partial charge in [-0.2, -0.15) is 13.2 Å². The maximum absolute atomic E-state index is 13.7. The maximum Gasteiger partial charge on any atom is 0.433 e. The fraction of sp³-hybridized carbons (Fsp3) is 0.0769. The molecule has 2 rings (SSSR count). The molecule has 0 fully saturated rings. The fourth-order valence-corrected chi connectivity index (χ4v) is 1.63. The Morgan fingerprint density at radius 3 is 2.32 bits per heavy atom. The van der Waals surface area contributed by atoms with Crippen LogP contribution in [0.5, 0.6) is 0 Å². The number of carbonyl (C=O) groups is 1. The van der Waals surface area contributed by atoms with Crippen LogP contribution in [-0.2, 0) is 6.18 Å². The number of carboxylic acids is 1. The molecule has 1 aromatic carbocycles. The molecule has 0 unspecified atom stereocenters. The highest BCUT2D eigenvalue weighted by atomic mass is 19.4. The lowest BCUT2D eigenvalue weighted by Gasteiger charge is -2.12. The molecule has 0 aliphatic carbocycles. The number of carboxylic acid groups (broad SMARTS) is 1. The van der Waals surface area contributed by atoms with E-state index in [1.165, 1.54) is 0 Å². The van der Waals surface area contributed by atoms with Crippen LogP contribution in [0.1, 0.15) is 16.1 Å². The minimum Gasteiger partial charge on any atom is -0.478 e. The molecule has 1 aromatic heterocycles. The zero-order valence-corrected chi connectivity index (χ0v) is 10.6. The lowest BCUT2D eigenvalue weighted by atomic mass is 10.1. The first-order chi connectivity index (χ1) is 10.2. The smallest absolute Gasteiger partial charge is 0.433 e. The lowest BCUT2D eigenvalue weighted by Crippen LogP contribution is -2.09. The first kappa shape index (κ1) is 15.7. The molecule has 2 N–H and O–H groups in total. The van der Waals surface area contributed by atoms with Crippen molar-refractivity contribution in [2.24, 2.45) is 0 Å². The molecular weight excluding hydrogens is 311 g/mol. The van der Waals surface area contributed by atoms with E-state index in [0.717, 1.165) is 18.3 Å². The average molecular weight is 318 g/mol. The van der Waals surface area contributed by atoms with Crippen LogP contribution in [0.2, 0.25) is 0 Å². The number of halogens is 5. The Bertz CT molecular complexity index is 714. The van der Waals surface area contributed by atoms with Gasteiger partial charge >= 0.3 is 12.1 Å². The zero-order valence-electron chi connectivity index (χ0n) is 10.6. The van der Waals surface area contributed by atoms with Crippen molar-refractivity contribution in [1.82, 2.24) is 4.98 Å². The van der Waals surface area contributed by atoms with Gasteiger partial charge in [0.2, 0.25) is 0 Å². The van der Waals surface area contributed by atoms with Crippen LogP contribution in [0.25, 0.3) is 0 Å². The number of benzene rings is 1. The van der Waals surface area contributed by atoms with Gasteiger partial charge in [0.05, 0.1) is 23.1 Å². The van der Waals surface area contributed by atoms with Crippen molar-refractivity contribution in [3.63, 3.8) is 0 Å². The number of hydrogen-bond acceptors (Lipinski definition) is 3. The van der Waals surface area contributed by atoms with Crippen LogP contribution in [0.4, 0.5) is 33.3 Å². The van der Waals surface area contributed by atoms with Crippen molar-refractivity contribution in [2.45, 2.75) is 6.18 Å². The van der Waals surface area contributed by atoms with Crippen LogP contribution < -0.4 is 5.32 Å². The second-order valence-corrected chi connectivity index (χ2v) is 4.14. The Morgan fingerprint density at radius 2 is 1.82 bits per heavy atom. The first-order valence-corrected chi connectivity index (χ1v) is 5.71. The molecule has 1 heterocycles. The van der Waals surface area contributed by atoms with Crippen LogP contribution in [0.15, 0.2) is 30.5 Å². The van der Waals surface area contributed by atoms with Crippen molar-refractivity contribution in [3.05, 3.63) is 53.4 Å². The van der Waals surface area contributed by atoms with Gasteiger partial charge in [0.15, 0.2) is 11.6 Å². The molecule has 0 bridgehead atoms. The second-order valence-electron chi connectivity index (χ2n) is 4.14. The Labute approximate surface area is 120 Å². The van der Waals surface area contributed by atoms with Crippen molar-refractivity contribution < 1.29 is 31.9 Å². The van der Waals surface area contributed by atoms with E-state index in [-0.39, 0.29) is 5.69 Å². The van der Waals surface area contributed by atoms with Gasteiger partial charge in [-0.25, -0.2) is 18.6 Å². The number of aromatic nitrogens is 1. The van der Waals surface area contributed by atoms with E-state index in [9.17, 15) is 26.7 Å². The number of rotatable bonds is 3. The molecule has 0 saturated heterocycles. The lowest BCUT2D eigenvalue weighted by molar-refractivity contribution is -0.141. The largest absolute Gasteiger partial charge is 0.478 e. The Balaban J connectivity index is 2.39. The number of anilines is 2. The molecule has 0 saturated carbocycles. The normalized spacial score (nSPS) is 11.3. The van der Waals surface area contributed by atoms with E-state index in [1.54, 1.807) is 0 Å². The van der Waals surface area contributed by atoms with Gasteiger partial charge in [-0.3, -0.25) is 0 Å². The van der Waals surface area contributed by atoms with Crippen molar-refractivity contribution in [2.75, 3.05) is 5.32 Å². The summed E-state index contributed by atoms with van der Waals surface area (Å²) in [6.07, 6.45) is -3.91. The van der Waals surface area contributed by atoms with Crippen molar-refractivity contribution in [1.29, 1.82) is 0 Å². The van der Waals surface area contributed by atoms with E-state index in [1.807, 2.05) is 0 Å². The van der Waals surface area contributed by atoms with Gasteiger partial charge in [0, 0.05) is 0 Å². The predicted molar refractivity (Wildman–Crippen MR) is 65.8 cm³/mol. The standard InChI is InChI=1S/C13H7F5N2O2/c14-8-3-2-7(12(21)22)11(10(8)15)20-6-1-4-9(19-5-6)13(16,17)18/h1-5,20H,(H,21,22). The van der Waals surface area contributed by atoms with Crippen LogP contribution in [0, 0.1) is 11.6 Å². The zero-order chi connectivity index (χ0) is 16.5. The fourth-order valence-electron chi connectivity index (χ4n) is 1.63. The van der Waals surface area contributed by atoms with Crippen molar-refractivity contribution >= 4 is 17.3 Å². The van der Waals surface area contributed by atoms with Crippen LogP contribution in [-0.4, -0.2) is 16.1 Å². The second kappa shape index (κ2) is 5.58. The first-order valence-electron chi connectivity index (χ1n) is 5.71. The molecule has 9 heteroatoms. The Kier molecular flexibility index (Phi) is 3.98. The molecule has 2 aromatic rings. The van der Waals surface area contributed by atoms with Crippen LogP contribution >= 0.6 is 0 Å². The number of aromatic carboxylic acids is 1. The molecule has 0 atom stereocenters. The minimum atomic E-state index is -4.64. The topological polar surface area (TPSA) is 62.2 Å². The van der Waals surface area contributed by atoms with E-state index in [4.69, 9.17) is 5.11 Å². The molecule has 116 valence electrons. The number of pyridine rings is 1. The summed E-state index contributed by atoms with van der Waals surface area (Å²) in [6, 6.07) is 3.02. The molecular formula is C13H7F5N2O2. The van der Waals surface area contributed by atoms with Crippen molar-refractivity contribution in [3.8, 4) is 0 Å². The number of nitrogens with zero attached hydrogens (tertiary/aromatic N) is 1. The summed E-state index contributed by atoms with van der Waals surface area (Å²) < 4.78 is 63.9. The Hall–Kier alpha value is -2.71. The number of nitrogens with one attached hydrogen (secondary N) is 1. The van der Waals surface area contributed by atoms with Gasteiger partial charge in [-0.15, -0.1) is 0 Å². The van der Waals surface area contributed by atoms with Gasteiger partial charge in [-0.1, -0.05) is 0 Å². The highest BCUT2D eigenvalue weighted by Crippen LogP contribution is 2.30. The highest BCUT2D eigenvalue weighted by Gasteiger charge is 2.32. The summed E-state index contributed by atoms with van der Waals surface area (Å²) in [5.74, 6) is -4.28. The molecule has 0 amide bonds. The van der Waals surface area contributed by atoms with Crippen LogP contribution in [0.3, 0.4) is 0 Å². The minimum absolute atomic E-state index is 0.125. The van der Waals surface area contributed by atoms with Gasteiger partial charge < -0.3 is 10.4 Å². The van der Waals surface area contributed by atoms with E-state index in [2.05, 4.69) is 10.3 Å². The third-order valence-electron chi connectivity index (χ3n) is 2.65. The van der Waals surface area contributed by atoms with E-state index < -0.39 is 40.7 Å². The van der Waals surface area contributed by atoms with Gasteiger partial charge in [-0.05, 0) is 24.3 Å². The quantitative estimate of drug-likeness (QED) is 0.845. The predicted octanol–water partition coefficient (Wildman–Crippen LogP) is 3.82. The van der Waals surface area contributed by atoms with E-state index >= 15 is 0 Å². The monoisotopic (exact) mass is 318 g/mol. The maximum atomic E-state index is 13.7. The molecule has 0 spiro atoms. The Morgan fingerprint density at radius 1 is 1.14 bits per heavy atom. The molecule has 0 radical (unpaired) electrons. The summed E-state index contributed by atoms with van der Waals surface area (Å²) in [6.45, 7) is 0. The average Bonchev–Trinajstić information content (AvgIpc) is 2.43. The number of hydrogen-bond donors (Lipinski definition) is 2. The summed E-state index contributed by atoms with van der Waals surface area (Å²) in [5, 5.41) is 11.1. The third-order valence-corrected chi connectivity index (χ3v) is 2.65. The molecule has 4 nitrogen and oxygen atoms in total. The molecule has 22 heavy (non-hydrogen) atoms. The summed E-state index contributed by atoms with van der Waals surface area (Å²) in [7, 11) is 0. The summed E-state index contributed by atoms with van der Waals surface area (Å²) in [5.41, 5.74) is -2.57. The highest BCUT2D eigenvalue weighted by molar-refractivity contribution is 5.95. The van der Waals surface area contributed by atoms with Gasteiger partial charge in [0.1, 0.15) is 5.69 Å².